The molecule has 0 saturated carbocycles. The third-order valence-electron chi connectivity index (χ3n) is 4.15. The van der Waals surface area contributed by atoms with Crippen LogP contribution in [0.2, 0.25) is 10.0 Å². The van der Waals surface area contributed by atoms with Gasteiger partial charge in [-0.3, -0.25) is 4.99 Å². The molecule has 0 aliphatic carbocycles. The first-order valence-electron chi connectivity index (χ1n) is 7.94. The molecule has 3 rings (SSSR count). The lowest BCUT2D eigenvalue weighted by Gasteiger charge is -2.42. The van der Waals surface area contributed by atoms with Gasteiger partial charge in [0.15, 0.2) is 5.96 Å². The van der Waals surface area contributed by atoms with E-state index in [1.165, 1.54) is 0 Å². The maximum atomic E-state index is 12.6. The monoisotopic (exact) mass is 367 g/mol. The van der Waals surface area contributed by atoms with Crippen LogP contribution in [0.15, 0.2) is 34.5 Å². The number of rotatable bonds is 3. The van der Waals surface area contributed by atoms with E-state index in [1.807, 2.05) is 19.1 Å². The summed E-state index contributed by atoms with van der Waals surface area (Å²) in [6.07, 6.45) is 0.912. The number of nitrogens with zero attached hydrogens (tertiary/aromatic N) is 2. The van der Waals surface area contributed by atoms with Gasteiger partial charge in [-0.1, -0.05) is 35.3 Å². The highest BCUT2D eigenvalue weighted by molar-refractivity contribution is 6.42. The van der Waals surface area contributed by atoms with Crippen LogP contribution in [-0.4, -0.2) is 36.5 Å². The zero-order chi connectivity index (χ0) is 17.3. The molecule has 0 fully saturated rings. The molecule has 1 aromatic rings. The van der Waals surface area contributed by atoms with Gasteiger partial charge in [0.2, 0.25) is 0 Å². The van der Waals surface area contributed by atoms with Crippen molar-refractivity contribution < 1.29 is 9.53 Å². The van der Waals surface area contributed by atoms with Crippen LogP contribution in [0.5, 0.6) is 0 Å². The Morgan fingerprint density at radius 3 is 3.00 bits per heavy atom. The molecular weight excluding hydrogens is 349 g/mol. The fourth-order valence-electron chi connectivity index (χ4n) is 3.11. The molecule has 0 bridgehead atoms. The van der Waals surface area contributed by atoms with E-state index in [1.54, 1.807) is 13.0 Å². The van der Waals surface area contributed by atoms with Gasteiger partial charge in [-0.05, 0) is 31.9 Å². The molecule has 0 saturated heterocycles. The first-order chi connectivity index (χ1) is 11.5. The first-order valence-corrected chi connectivity index (χ1v) is 8.70. The molecule has 0 spiro atoms. The van der Waals surface area contributed by atoms with Crippen molar-refractivity contribution in [3.63, 3.8) is 0 Å². The largest absolute Gasteiger partial charge is 0.463 e. The lowest BCUT2D eigenvalue weighted by Crippen LogP contribution is -2.51. The van der Waals surface area contributed by atoms with Gasteiger partial charge in [-0.15, -0.1) is 0 Å². The minimum absolute atomic E-state index is 0.312. The number of carbonyl (C=O) groups is 1. The zero-order valence-corrected chi connectivity index (χ0v) is 15.1. The SMILES string of the molecule is CCOC(=O)C1=C(C)NC2=NCCCN2C1c1cccc(Cl)c1Cl. The molecule has 1 unspecified atom stereocenters. The number of guanidine groups is 1. The van der Waals surface area contributed by atoms with E-state index < -0.39 is 0 Å². The van der Waals surface area contributed by atoms with Gasteiger partial charge in [0, 0.05) is 18.8 Å². The molecule has 5 nitrogen and oxygen atoms in total. The Labute approximate surface area is 151 Å². The van der Waals surface area contributed by atoms with Crippen LogP contribution >= 0.6 is 23.2 Å². The lowest BCUT2D eigenvalue weighted by molar-refractivity contribution is -0.139. The molecular formula is C17H19Cl2N3O2. The average molecular weight is 368 g/mol. The highest BCUT2D eigenvalue weighted by Crippen LogP contribution is 2.40. The van der Waals surface area contributed by atoms with Crippen LogP contribution in [-0.2, 0) is 9.53 Å². The minimum Gasteiger partial charge on any atom is -0.463 e. The molecule has 128 valence electrons. The van der Waals surface area contributed by atoms with Crippen molar-refractivity contribution in [1.82, 2.24) is 10.2 Å². The van der Waals surface area contributed by atoms with E-state index in [2.05, 4.69) is 15.2 Å². The number of hydrogen-bond acceptors (Lipinski definition) is 5. The topological polar surface area (TPSA) is 53.9 Å². The van der Waals surface area contributed by atoms with E-state index in [0.29, 0.717) is 22.2 Å². The third-order valence-corrected chi connectivity index (χ3v) is 4.98. The molecule has 0 aromatic heterocycles. The lowest BCUT2D eigenvalue weighted by atomic mass is 9.93. The number of halogens is 2. The standard InChI is InChI=1S/C17H19Cl2N3O2/c1-3-24-16(23)13-10(2)21-17-20-8-5-9-22(17)15(13)11-6-4-7-12(18)14(11)19/h4,6-7,15H,3,5,8-9H2,1-2H3,(H,20,21). The summed E-state index contributed by atoms with van der Waals surface area (Å²) in [5, 5.41) is 4.13. The third kappa shape index (κ3) is 2.98. The number of benzene rings is 1. The predicted octanol–water partition coefficient (Wildman–Crippen LogP) is 3.54. The van der Waals surface area contributed by atoms with Crippen LogP contribution < -0.4 is 5.32 Å². The number of carbonyl (C=O) groups excluding carboxylic acids is 1. The van der Waals surface area contributed by atoms with Crippen LogP contribution in [0.4, 0.5) is 0 Å². The van der Waals surface area contributed by atoms with Crippen molar-refractivity contribution in [2.75, 3.05) is 19.7 Å². The fraction of sp³-hybridized carbons (Fsp3) is 0.412. The average Bonchev–Trinajstić information content (AvgIpc) is 2.56. The van der Waals surface area contributed by atoms with Gasteiger partial charge in [0.25, 0.3) is 0 Å². The van der Waals surface area contributed by atoms with Crippen LogP contribution in [0.25, 0.3) is 0 Å². The number of allylic oxidation sites excluding steroid dienone is 1. The summed E-state index contributed by atoms with van der Waals surface area (Å²) in [6.45, 7) is 5.49. The van der Waals surface area contributed by atoms with E-state index in [-0.39, 0.29) is 12.0 Å². The normalized spacial score (nSPS) is 20.2. The summed E-state index contributed by atoms with van der Waals surface area (Å²) >= 11 is 12.7. The number of esters is 1. The smallest absolute Gasteiger partial charge is 0.338 e. The molecule has 24 heavy (non-hydrogen) atoms. The van der Waals surface area contributed by atoms with E-state index in [9.17, 15) is 4.79 Å². The number of fused-ring (bicyclic) bond motifs is 1. The maximum Gasteiger partial charge on any atom is 0.338 e. The molecule has 1 aromatic carbocycles. The van der Waals surface area contributed by atoms with Gasteiger partial charge in [0.1, 0.15) is 0 Å². The van der Waals surface area contributed by atoms with Crippen molar-refractivity contribution in [2.24, 2.45) is 4.99 Å². The first kappa shape index (κ1) is 17.1. The molecule has 1 atom stereocenters. The molecule has 2 heterocycles. The highest BCUT2D eigenvalue weighted by atomic mass is 35.5. The summed E-state index contributed by atoms with van der Waals surface area (Å²) in [4.78, 5) is 19.2. The number of ether oxygens (including phenoxy) is 1. The zero-order valence-electron chi connectivity index (χ0n) is 13.6. The predicted molar refractivity (Wildman–Crippen MR) is 95.3 cm³/mol. The van der Waals surface area contributed by atoms with E-state index in [4.69, 9.17) is 27.9 Å². The number of nitrogens with one attached hydrogen (secondary N) is 1. The van der Waals surface area contributed by atoms with Crippen molar-refractivity contribution in [1.29, 1.82) is 0 Å². The van der Waals surface area contributed by atoms with E-state index >= 15 is 0 Å². The summed E-state index contributed by atoms with van der Waals surface area (Å²) in [6, 6.07) is 5.10. The Balaban J connectivity index is 2.16. The van der Waals surface area contributed by atoms with Gasteiger partial charge in [0.05, 0.1) is 28.3 Å². The van der Waals surface area contributed by atoms with Crippen molar-refractivity contribution >= 4 is 35.1 Å². The van der Waals surface area contributed by atoms with Crippen LogP contribution in [0, 0.1) is 0 Å². The second kappa shape index (κ2) is 7.03. The van der Waals surface area contributed by atoms with Crippen molar-refractivity contribution in [2.45, 2.75) is 26.3 Å². The molecule has 1 N–H and O–H groups in total. The molecule has 2 aliphatic heterocycles. The molecule has 0 amide bonds. The van der Waals surface area contributed by atoms with Gasteiger partial charge in [-0.2, -0.15) is 0 Å². The quantitative estimate of drug-likeness (QED) is 0.830. The van der Waals surface area contributed by atoms with Crippen molar-refractivity contribution in [3.05, 3.63) is 45.1 Å². The second-order valence-electron chi connectivity index (χ2n) is 5.68. The molecule has 0 radical (unpaired) electrons. The number of hydrogen-bond donors (Lipinski definition) is 1. The Morgan fingerprint density at radius 1 is 1.46 bits per heavy atom. The molecule has 7 heteroatoms. The highest BCUT2D eigenvalue weighted by Gasteiger charge is 2.39. The summed E-state index contributed by atoms with van der Waals surface area (Å²) in [7, 11) is 0. The Morgan fingerprint density at radius 2 is 2.25 bits per heavy atom. The Kier molecular flexibility index (Phi) is 5.01. The Hall–Kier alpha value is -1.72. The number of aliphatic imine (C=N–C) groups is 1. The fourth-order valence-corrected chi connectivity index (χ4v) is 3.52. The summed E-state index contributed by atoms with van der Waals surface area (Å²) < 4.78 is 5.27. The van der Waals surface area contributed by atoms with Gasteiger partial charge >= 0.3 is 5.97 Å². The van der Waals surface area contributed by atoms with Crippen LogP contribution in [0.3, 0.4) is 0 Å². The van der Waals surface area contributed by atoms with Crippen LogP contribution in [0.1, 0.15) is 31.9 Å². The second-order valence-corrected chi connectivity index (χ2v) is 6.47. The van der Waals surface area contributed by atoms with Crippen molar-refractivity contribution in [3.8, 4) is 0 Å². The summed E-state index contributed by atoms with van der Waals surface area (Å²) in [5.41, 5.74) is 2.05. The summed E-state index contributed by atoms with van der Waals surface area (Å²) in [5.74, 6) is 0.404. The van der Waals surface area contributed by atoms with E-state index in [0.717, 1.165) is 36.7 Å². The van der Waals surface area contributed by atoms with Gasteiger partial charge < -0.3 is 15.0 Å². The molecule has 2 aliphatic rings. The van der Waals surface area contributed by atoms with Gasteiger partial charge in [-0.25, -0.2) is 4.79 Å². The minimum atomic E-state index is -0.365. The Bertz CT molecular complexity index is 731. The maximum absolute atomic E-state index is 12.6.